The number of ketones is 1. The van der Waals surface area contributed by atoms with Gasteiger partial charge in [-0.2, -0.15) is 10.4 Å². The van der Waals surface area contributed by atoms with Gasteiger partial charge in [-0.1, -0.05) is 6.58 Å². The van der Waals surface area contributed by atoms with Gasteiger partial charge in [-0.15, -0.1) is 0 Å². The Kier molecular flexibility index (Phi) is 3.63. The Morgan fingerprint density at radius 1 is 1.42 bits per heavy atom. The van der Waals surface area contributed by atoms with Crippen LogP contribution in [0.4, 0.5) is 0 Å². The Labute approximate surface area is 119 Å². The first-order chi connectivity index (χ1) is 9.04. The van der Waals surface area contributed by atoms with Gasteiger partial charge in [0.05, 0.1) is 33.7 Å². The summed E-state index contributed by atoms with van der Waals surface area (Å²) in [5.74, 6) is -0.115. The van der Waals surface area contributed by atoms with Crippen molar-refractivity contribution in [3.8, 4) is 11.8 Å². The lowest BCUT2D eigenvalue weighted by molar-refractivity contribution is -0.111. The second-order valence-corrected chi connectivity index (χ2v) is 4.80. The van der Waals surface area contributed by atoms with Gasteiger partial charge in [-0.05, 0) is 47.1 Å². The molecule has 0 atom stereocenters. The average Bonchev–Trinajstić information content (AvgIpc) is 2.79. The zero-order valence-electron chi connectivity index (χ0n) is 10.2. The molecular weight excluding hydrogens is 306 g/mol. The van der Waals surface area contributed by atoms with E-state index in [0.29, 0.717) is 21.3 Å². The van der Waals surface area contributed by atoms with Crippen LogP contribution in [0.1, 0.15) is 18.2 Å². The van der Waals surface area contributed by atoms with Crippen molar-refractivity contribution in [2.45, 2.75) is 6.92 Å². The maximum Gasteiger partial charge on any atom is 0.161 e. The van der Waals surface area contributed by atoms with Crippen molar-refractivity contribution in [3.63, 3.8) is 0 Å². The lowest BCUT2D eigenvalue weighted by atomic mass is 10.1. The first-order valence-corrected chi connectivity index (χ1v) is 6.28. The van der Waals surface area contributed by atoms with Crippen LogP contribution in [-0.2, 0) is 4.79 Å². The monoisotopic (exact) mass is 315 g/mol. The second kappa shape index (κ2) is 5.21. The molecule has 19 heavy (non-hydrogen) atoms. The van der Waals surface area contributed by atoms with Crippen molar-refractivity contribution < 1.29 is 4.79 Å². The van der Waals surface area contributed by atoms with Gasteiger partial charge in [0.25, 0.3) is 0 Å². The number of halogens is 1. The SMILES string of the molecule is C=C(C(C)=O)c1c(Br)cnn1-c1ccc(C#N)cc1. The van der Waals surface area contributed by atoms with Crippen molar-refractivity contribution in [2.24, 2.45) is 0 Å². The Balaban J connectivity index is 2.54. The number of hydrogen-bond acceptors (Lipinski definition) is 3. The van der Waals surface area contributed by atoms with Crippen LogP contribution in [0.25, 0.3) is 11.3 Å². The summed E-state index contributed by atoms with van der Waals surface area (Å²) in [5, 5.41) is 13.0. The highest BCUT2D eigenvalue weighted by atomic mass is 79.9. The zero-order valence-corrected chi connectivity index (χ0v) is 11.8. The molecule has 0 N–H and O–H groups in total. The van der Waals surface area contributed by atoms with Gasteiger partial charge in [-0.3, -0.25) is 4.79 Å². The molecule has 94 valence electrons. The highest BCUT2D eigenvalue weighted by Crippen LogP contribution is 2.26. The number of benzene rings is 1. The molecule has 0 spiro atoms. The zero-order chi connectivity index (χ0) is 14.0. The number of carbonyl (C=O) groups is 1. The molecule has 0 aliphatic heterocycles. The number of allylic oxidation sites excluding steroid dienone is 1. The topological polar surface area (TPSA) is 58.7 Å². The maximum atomic E-state index is 11.5. The number of carbonyl (C=O) groups excluding carboxylic acids is 1. The molecule has 0 radical (unpaired) electrons. The van der Waals surface area contributed by atoms with Crippen molar-refractivity contribution in [1.82, 2.24) is 9.78 Å². The van der Waals surface area contributed by atoms with Crippen LogP contribution < -0.4 is 0 Å². The molecule has 0 saturated heterocycles. The van der Waals surface area contributed by atoms with Gasteiger partial charge in [0.15, 0.2) is 5.78 Å². The summed E-state index contributed by atoms with van der Waals surface area (Å²) in [6, 6.07) is 9.00. The van der Waals surface area contributed by atoms with E-state index in [-0.39, 0.29) is 5.78 Å². The summed E-state index contributed by atoms with van der Waals surface area (Å²) < 4.78 is 2.33. The third-order valence-electron chi connectivity index (χ3n) is 2.68. The normalized spacial score (nSPS) is 9.95. The quantitative estimate of drug-likeness (QED) is 0.818. The van der Waals surface area contributed by atoms with Crippen LogP contribution >= 0.6 is 15.9 Å². The van der Waals surface area contributed by atoms with Gasteiger partial charge >= 0.3 is 0 Å². The predicted molar refractivity (Wildman–Crippen MR) is 75.7 cm³/mol. The first kappa shape index (κ1) is 13.2. The van der Waals surface area contributed by atoms with Crippen molar-refractivity contribution in [1.29, 1.82) is 5.26 Å². The third-order valence-corrected chi connectivity index (χ3v) is 3.26. The van der Waals surface area contributed by atoms with Gasteiger partial charge in [0.1, 0.15) is 0 Å². The Bertz CT molecular complexity index is 692. The summed E-state index contributed by atoms with van der Waals surface area (Å²) in [7, 11) is 0. The molecule has 0 saturated carbocycles. The Hall–Kier alpha value is -2.19. The summed E-state index contributed by atoms with van der Waals surface area (Å²) in [4.78, 5) is 11.5. The van der Waals surface area contributed by atoms with E-state index in [1.165, 1.54) is 6.92 Å². The van der Waals surface area contributed by atoms with Gasteiger partial charge < -0.3 is 0 Å². The van der Waals surface area contributed by atoms with Crippen LogP contribution in [0.15, 0.2) is 41.5 Å². The van der Waals surface area contributed by atoms with E-state index < -0.39 is 0 Å². The lowest BCUT2D eigenvalue weighted by Gasteiger charge is -2.08. The average molecular weight is 316 g/mol. The summed E-state index contributed by atoms with van der Waals surface area (Å²) in [5.41, 5.74) is 2.34. The molecule has 0 bridgehead atoms. The molecule has 2 rings (SSSR count). The van der Waals surface area contributed by atoms with Crippen LogP contribution in [-0.4, -0.2) is 15.6 Å². The second-order valence-electron chi connectivity index (χ2n) is 3.95. The lowest BCUT2D eigenvalue weighted by Crippen LogP contribution is -2.05. The van der Waals surface area contributed by atoms with Gasteiger partial charge in [-0.25, -0.2) is 4.68 Å². The standard InChI is InChI=1S/C14H10BrN3O/c1-9(10(2)19)14-13(15)8-17-18(14)12-5-3-11(7-16)4-6-12/h3-6,8H,1H2,2H3. The smallest absolute Gasteiger partial charge is 0.161 e. The largest absolute Gasteiger partial charge is 0.294 e. The van der Waals surface area contributed by atoms with E-state index in [9.17, 15) is 4.79 Å². The highest BCUT2D eigenvalue weighted by molar-refractivity contribution is 9.10. The summed E-state index contributed by atoms with van der Waals surface area (Å²) in [6.45, 7) is 5.25. The minimum Gasteiger partial charge on any atom is -0.294 e. The summed E-state index contributed by atoms with van der Waals surface area (Å²) in [6.07, 6.45) is 1.61. The molecule has 1 aromatic carbocycles. The van der Waals surface area contributed by atoms with Crippen LogP contribution in [0.5, 0.6) is 0 Å². The number of Topliss-reactive ketones (excluding diaryl/α,β-unsaturated/α-hetero) is 1. The first-order valence-electron chi connectivity index (χ1n) is 5.49. The fourth-order valence-electron chi connectivity index (χ4n) is 1.64. The van der Waals surface area contributed by atoms with Crippen LogP contribution in [0, 0.1) is 11.3 Å². The highest BCUT2D eigenvalue weighted by Gasteiger charge is 2.16. The molecular formula is C14H10BrN3O. The molecule has 1 heterocycles. The minimum absolute atomic E-state index is 0.115. The fourth-order valence-corrected chi connectivity index (χ4v) is 2.14. The van der Waals surface area contributed by atoms with Crippen molar-refractivity contribution in [3.05, 3.63) is 52.8 Å². The van der Waals surface area contributed by atoms with E-state index in [1.807, 2.05) is 0 Å². The van der Waals surface area contributed by atoms with E-state index in [0.717, 1.165) is 5.69 Å². The molecule has 1 aromatic heterocycles. The molecule has 2 aromatic rings. The maximum absolute atomic E-state index is 11.5. The van der Waals surface area contributed by atoms with Crippen LogP contribution in [0.3, 0.4) is 0 Å². The number of hydrogen-bond donors (Lipinski definition) is 0. The van der Waals surface area contributed by atoms with E-state index in [4.69, 9.17) is 5.26 Å². The number of nitriles is 1. The van der Waals surface area contributed by atoms with E-state index >= 15 is 0 Å². The summed E-state index contributed by atoms with van der Waals surface area (Å²) >= 11 is 3.36. The van der Waals surface area contributed by atoms with E-state index in [2.05, 4.69) is 33.7 Å². The van der Waals surface area contributed by atoms with Crippen molar-refractivity contribution in [2.75, 3.05) is 0 Å². The third kappa shape index (κ3) is 2.49. The minimum atomic E-state index is -0.115. The Morgan fingerprint density at radius 2 is 2.05 bits per heavy atom. The fraction of sp³-hybridized carbons (Fsp3) is 0.0714. The van der Waals surface area contributed by atoms with Crippen molar-refractivity contribution >= 4 is 27.3 Å². The molecule has 0 amide bonds. The number of rotatable bonds is 3. The molecule has 0 aliphatic carbocycles. The van der Waals surface area contributed by atoms with Gasteiger partial charge in [0.2, 0.25) is 0 Å². The molecule has 5 heteroatoms. The molecule has 0 fully saturated rings. The predicted octanol–water partition coefficient (Wildman–Crippen LogP) is 3.11. The molecule has 0 unspecified atom stereocenters. The Morgan fingerprint density at radius 3 is 2.58 bits per heavy atom. The van der Waals surface area contributed by atoms with Gasteiger partial charge in [0, 0.05) is 5.57 Å². The van der Waals surface area contributed by atoms with E-state index in [1.54, 1.807) is 35.1 Å². The van der Waals surface area contributed by atoms with Crippen LogP contribution in [0.2, 0.25) is 0 Å². The molecule has 4 nitrogen and oxygen atoms in total. The molecule has 0 aliphatic rings. The number of aromatic nitrogens is 2. The number of nitrogens with zero attached hydrogens (tertiary/aromatic N) is 3.